The van der Waals surface area contributed by atoms with Crippen LogP contribution in [0.5, 0.6) is 0 Å². The summed E-state index contributed by atoms with van der Waals surface area (Å²) in [4.78, 5) is 19.8. The summed E-state index contributed by atoms with van der Waals surface area (Å²) >= 11 is 0. The number of carboxylic acid groups (broad SMARTS) is 1. The van der Waals surface area contributed by atoms with E-state index in [4.69, 9.17) is 4.52 Å². The monoisotopic (exact) mass is 382 g/mol. The summed E-state index contributed by atoms with van der Waals surface area (Å²) in [5.41, 5.74) is 5.00. The number of piperazine rings is 1. The Hall–Kier alpha value is -2.64. The lowest BCUT2D eigenvalue weighted by molar-refractivity contribution is -0.144. The summed E-state index contributed by atoms with van der Waals surface area (Å²) in [6.45, 7) is 9.76. The zero-order valence-corrected chi connectivity index (χ0v) is 16.5. The van der Waals surface area contributed by atoms with Crippen LogP contribution in [0.4, 0.5) is 0 Å². The van der Waals surface area contributed by atoms with E-state index in [9.17, 15) is 9.90 Å². The van der Waals surface area contributed by atoms with Gasteiger partial charge in [0.25, 0.3) is 0 Å². The highest BCUT2D eigenvalue weighted by Gasteiger charge is 2.32. The number of H-pyrrole nitrogens is 1. The Morgan fingerprint density at radius 3 is 2.64 bits per heavy atom. The zero-order chi connectivity index (χ0) is 19.8. The smallest absolute Gasteiger partial charge is 0.325 e. The van der Waals surface area contributed by atoms with Crippen molar-refractivity contribution in [3.8, 4) is 0 Å². The van der Waals surface area contributed by atoms with Gasteiger partial charge in [0.1, 0.15) is 11.8 Å². The number of aromatic nitrogens is 2. The second-order valence-corrected chi connectivity index (χ2v) is 7.65. The predicted octanol–water partition coefficient (Wildman–Crippen LogP) is 3.02. The number of carbonyl (C=O) groups is 1. The topological polar surface area (TPSA) is 85.6 Å². The molecule has 1 saturated heterocycles. The van der Waals surface area contributed by atoms with Gasteiger partial charge in [0.05, 0.1) is 5.69 Å². The Morgan fingerprint density at radius 1 is 1.25 bits per heavy atom. The second-order valence-electron chi connectivity index (χ2n) is 7.65. The fourth-order valence-electron chi connectivity index (χ4n) is 4.10. The molecule has 1 fully saturated rings. The first-order valence-electron chi connectivity index (χ1n) is 9.62. The molecule has 3 aromatic rings. The highest BCUT2D eigenvalue weighted by Crippen LogP contribution is 2.30. The number of aryl methyl sites for hydroxylation is 3. The van der Waals surface area contributed by atoms with E-state index in [1.807, 2.05) is 39.1 Å². The van der Waals surface area contributed by atoms with Crippen LogP contribution < -0.4 is 0 Å². The maximum atomic E-state index is 12.2. The minimum Gasteiger partial charge on any atom is -0.480 e. The number of aliphatic carboxylic acids is 1. The van der Waals surface area contributed by atoms with E-state index >= 15 is 0 Å². The van der Waals surface area contributed by atoms with Gasteiger partial charge in [-0.2, -0.15) is 0 Å². The molecule has 0 saturated carbocycles. The molecule has 1 aromatic carbocycles. The summed E-state index contributed by atoms with van der Waals surface area (Å²) in [7, 11) is 0. The third-order valence-electron chi connectivity index (χ3n) is 5.73. The van der Waals surface area contributed by atoms with Crippen LogP contribution in [0.2, 0.25) is 0 Å². The number of nitrogens with one attached hydrogen (secondary N) is 1. The van der Waals surface area contributed by atoms with E-state index in [0.29, 0.717) is 13.1 Å². The molecular weight excluding hydrogens is 356 g/mol. The van der Waals surface area contributed by atoms with Crippen molar-refractivity contribution in [3.63, 3.8) is 0 Å². The Morgan fingerprint density at radius 2 is 2.00 bits per heavy atom. The normalized spacial score (nSPS) is 17.2. The molecule has 0 unspecified atom stereocenters. The van der Waals surface area contributed by atoms with Gasteiger partial charge in [-0.3, -0.25) is 14.6 Å². The summed E-state index contributed by atoms with van der Waals surface area (Å²) in [5.74, 6) is 0.0547. The molecule has 7 nitrogen and oxygen atoms in total. The molecule has 0 bridgehead atoms. The van der Waals surface area contributed by atoms with Gasteiger partial charge < -0.3 is 14.6 Å². The van der Waals surface area contributed by atoms with Crippen molar-refractivity contribution in [2.24, 2.45) is 0 Å². The van der Waals surface area contributed by atoms with Crippen molar-refractivity contribution in [1.82, 2.24) is 19.9 Å². The van der Waals surface area contributed by atoms with Gasteiger partial charge in [-0.05, 0) is 32.9 Å². The van der Waals surface area contributed by atoms with Gasteiger partial charge in [-0.1, -0.05) is 16.8 Å². The minimum absolute atomic E-state index is 0.642. The van der Waals surface area contributed by atoms with Crippen molar-refractivity contribution >= 4 is 16.9 Å². The SMILES string of the molecule is Cc1ccc2[nH]cc([C@@H](C(=O)O)N3CCN(Cc4c(C)noc4C)CC3)c2c1. The van der Waals surface area contributed by atoms with Crippen LogP contribution in [0.15, 0.2) is 28.9 Å². The van der Waals surface area contributed by atoms with Gasteiger partial charge in [0.2, 0.25) is 0 Å². The van der Waals surface area contributed by atoms with Gasteiger partial charge in [0, 0.05) is 61.0 Å². The van der Waals surface area contributed by atoms with E-state index in [2.05, 4.69) is 26.0 Å². The Balaban J connectivity index is 1.51. The van der Waals surface area contributed by atoms with Crippen LogP contribution in [0.3, 0.4) is 0 Å². The summed E-state index contributed by atoms with van der Waals surface area (Å²) < 4.78 is 5.26. The third-order valence-corrected chi connectivity index (χ3v) is 5.73. The molecule has 2 aromatic heterocycles. The molecule has 1 atom stereocenters. The summed E-state index contributed by atoms with van der Waals surface area (Å²) in [6.07, 6.45) is 1.85. The number of aromatic amines is 1. The van der Waals surface area contributed by atoms with Gasteiger partial charge >= 0.3 is 5.97 Å². The molecule has 3 heterocycles. The molecule has 28 heavy (non-hydrogen) atoms. The first kappa shape index (κ1) is 18.7. The molecule has 7 heteroatoms. The average molecular weight is 382 g/mol. The van der Waals surface area contributed by atoms with E-state index in [-0.39, 0.29) is 0 Å². The molecular formula is C21H26N4O3. The van der Waals surface area contributed by atoms with Gasteiger partial charge in [0.15, 0.2) is 0 Å². The summed E-state index contributed by atoms with van der Waals surface area (Å²) in [6, 6.07) is 5.46. The molecule has 4 rings (SSSR count). The van der Waals surface area contributed by atoms with Crippen LogP contribution in [0.25, 0.3) is 10.9 Å². The lowest BCUT2D eigenvalue weighted by Crippen LogP contribution is -2.48. The van der Waals surface area contributed by atoms with Crippen LogP contribution in [0.1, 0.15) is 34.2 Å². The fraction of sp³-hybridized carbons (Fsp3) is 0.429. The highest BCUT2D eigenvalue weighted by atomic mass is 16.5. The van der Waals surface area contributed by atoms with E-state index in [0.717, 1.165) is 58.7 Å². The second kappa shape index (κ2) is 7.41. The number of rotatable bonds is 5. The molecule has 2 N–H and O–H groups in total. The van der Waals surface area contributed by atoms with Crippen molar-refractivity contribution in [1.29, 1.82) is 0 Å². The number of hydrogen-bond acceptors (Lipinski definition) is 5. The highest BCUT2D eigenvalue weighted by molar-refractivity contribution is 5.89. The van der Waals surface area contributed by atoms with Crippen LogP contribution in [-0.4, -0.2) is 57.2 Å². The number of fused-ring (bicyclic) bond motifs is 1. The summed E-state index contributed by atoms with van der Waals surface area (Å²) in [5, 5.41) is 15.0. The fourth-order valence-corrected chi connectivity index (χ4v) is 4.10. The van der Waals surface area contributed by atoms with Crippen LogP contribution in [-0.2, 0) is 11.3 Å². The molecule has 148 valence electrons. The Kier molecular flexibility index (Phi) is 4.95. The number of hydrogen-bond donors (Lipinski definition) is 2. The molecule has 0 aliphatic carbocycles. The molecule has 0 amide bonds. The molecule has 1 aliphatic heterocycles. The number of benzene rings is 1. The lowest BCUT2D eigenvalue weighted by atomic mass is 10.0. The number of nitrogens with zero attached hydrogens (tertiary/aromatic N) is 3. The lowest BCUT2D eigenvalue weighted by Gasteiger charge is -2.37. The van der Waals surface area contributed by atoms with Gasteiger partial charge in [-0.25, -0.2) is 0 Å². The standard InChI is InChI=1S/C21H26N4O3/c1-13-4-5-19-16(10-13)17(11-22-19)20(21(26)27)25-8-6-24(7-9-25)12-18-14(2)23-28-15(18)3/h4-5,10-11,20,22H,6-9,12H2,1-3H3,(H,26,27)/t20-/m0/s1. The van der Waals surface area contributed by atoms with Crippen molar-refractivity contribution < 1.29 is 14.4 Å². The maximum Gasteiger partial charge on any atom is 0.325 e. The van der Waals surface area contributed by atoms with Crippen LogP contribution >= 0.6 is 0 Å². The molecule has 1 aliphatic rings. The predicted molar refractivity (Wildman–Crippen MR) is 106 cm³/mol. The molecule has 0 radical (unpaired) electrons. The first-order valence-corrected chi connectivity index (χ1v) is 9.62. The first-order chi connectivity index (χ1) is 13.4. The maximum absolute atomic E-state index is 12.2. The average Bonchev–Trinajstić information content (AvgIpc) is 3.21. The Bertz CT molecular complexity index is 979. The third kappa shape index (κ3) is 3.43. The quantitative estimate of drug-likeness (QED) is 0.706. The van der Waals surface area contributed by atoms with Crippen molar-refractivity contribution in [2.45, 2.75) is 33.4 Å². The Labute approximate surface area is 163 Å². The largest absolute Gasteiger partial charge is 0.480 e. The van der Waals surface area contributed by atoms with Gasteiger partial charge in [-0.15, -0.1) is 0 Å². The van der Waals surface area contributed by atoms with E-state index in [1.54, 1.807) is 0 Å². The minimum atomic E-state index is -0.804. The van der Waals surface area contributed by atoms with E-state index in [1.165, 1.54) is 0 Å². The number of carboxylic acids is 1. The van der Waals surface area contributed by atoms with E-state index < -0.39 is 12.0 Å². The van der Waals surface area contributed by atoms with Crippen molar-refractivity contribution in [2.75, 3.05) is 26.2 Å². The molecule has 0 spiro atoms. The van der Waals surface area contributed by atoms with Crippen LogP contribution in [0, 0.1) is 20.8 Å². The van der Waals surface area contributed by atoms with Crippen molar-refractivity contribution in [3.05, 3.63) is 52.5 Å². The zero-order valence-electron chi connectivity index (χ0n) is 16.5.